The summed E-state index contributed by atoms with van der Waals surface area (Å²) in [6, 6.07) is 8.79. The third-order valence-electron chi connectivity index (χ3n) is 2.42. The number of halogens is 2. The van der Waals surface area contributed by atoms with Gasteiger partial charge in [-0.2, -0.15) is 5.10 Å². The Bertz CT molecular complexity index is 674. The van der Waals surface area contributed by atoms with Crippen molar-refractivity contribution < 1.29 is 13.7 Å². The average Bonchev–Trinajstić information content (AvgIpc) is 2.41. The molecule has 0 aliphatic heterocycles. The summed E-state index contributed by atoms with van der Waals surface area (Å²) in [7, 11) is 0. The van der Waals surface area contributed by atoms with Crippen LogP contribution in [0.2, 0.25) is 0 Å². The smallest absolute Gasteiger partial charge is 0.271 e. The first kappa shape index (κ1) is 13.6. The summed E-state index contributed by atoms with van der Waals surface area (Å²) in [5.74, 6) is -1.42. The number of hydrazone groups is 1. The minimum absolute atomic E-state index is 0.0850. The fourth-order valence-corrected chi connectivity index (χ4v) is 1.47. The first-order valence-corrected chi connectivity index (χ1v) is 5.55. The summed E-state index contributed by atoms with van der Waals surface area (Å²) in [5, 5.41) is 14.3. The molecule has 0 fully saturated rings. The van der Waals surface area contributed by atoms with Gasteiger partial charge in [0.2, 0.25) is 0 Å². The molecule has 2 aromatic rings. The summed E-state index contributed by atoms with van der Waals surface area (Å²) < 4.78 is 26.0. The number of rotatable bonds is 4. The van der Waals surface area contributed by atoms with Crippen molar-refractivity contribution in [2.24, 2.45) is 5.10 Å². The highest BCUT2D eigenvalue weighted by molar-refractivity contribution is 5.80. The lowest BCUT2D eigenvalue weighted by molar-refractivity contribution is -0.384. The van der Waals surface area contributed by atoms with Crippen molar-refractivity contribution in [1.82, 2.24) is 0 Å². The fraction of sp³-hybridized carbons (Fsp3) is 0. The maximum atomic E-state index is 13.3. The van der Waals surface area contributed by atoms with E-state index in [-0.39, 0.29) is 11.3 Å². The summed E-state index contributed by atoms with van der Waals surface area (Å²) in [6.45, 7) is 0. The first-order valence-electron chi connectivity index (χ1n) is 5.55. The van der Waals surface area contributed by atoms with E-state index in [4.69, 9.17) is 0 Å². The van der Waals surface area contributed by atoms with Crippen molar-refractivity contribution in [3.05, 3.63) is 69.8 Å². The van der Waals surface area contributed by atoms with E-state index >= 15 is 0 Å². The van der Waals surface area contributed by atoms with E-state index in [9.17, 15) is 18.9 Å². The molecule has 0 heterocycles. The van der Waals surface area contributed by atoms with E-state index in [2.05, 4.69) is 10.5 Å². The van der Waals surface area contributed by atoms with Gasteiger partial charge in [-0.3, -0.25) is 15.5 Å². The van der Waals surface area contributed by atoms with E-state index in [0.29, 0.717) is 5.69 Å². The van der Waals surface area contributed by atoms with E-state index in [1.165, 1.54) is 24.3 Å². The zero-order valence-electron chi connectivity index (χ0n) is 10.1. The van der Waals surface area contributed by atoms with Gasteiger partial charge in [0.15, 0.2) is 0 Å². The summed E-state index contributed by atoms with van der Waals surface area (Å²) in [4.78, 5) is 10.0. The molecule has 2 rings (SSSR count). The average molecular weight is 277 g/mol. The summed E-state index contributed by atoms with van der Waals surface area (Å²) in [5.41, 5.74) is 2.94. The first-order chi connectivity index (χ1) is 9.56. The van der Waals surface area contributed by atoms with Crippen LogP contribution in [0.1, 0.15) is 5.56 Å². The second-order valence-corrected chi connectivity index (χ2v) is 3.84. The van der Waals surface area contributed by atoms with Crippen molar-refractivity contribution in [2.45, 2.75) is 0 Å². The van der Waals surface area contributed by atoms with Crippen molar-refractivity contribution in [2.75, 3.05) is 5.43 Å². The van der Waals surface area contributed by atoms with Crippen LogP contribution >= 0.6 is 0 Å². The Hall–Kier alpha value is -2.83. The van der Waals surface area contributed by atoms with Gasteiger partial charge in [-0.1, -0.05) is 6.07 Å². The SMILES string of the molecule is O=[N+]([O-])c1cccc(NN=Cc2ccc(F)cc2F)c1. The Balaban J connectivity index is 2.10. The molecule has 0 unspecified atom stereocenters. The maximum absolute atomic E-state index is 13.3. The lowest BCUT2D eigenvalue weighted by Crippen LogP contribution is -1.95. The molecule has 0 radical (unpaired) electrons. The third-order valence-corrected chi connectivity index (χ3v) is 2.42. The van der Waals surface area contributed by atoms with E-state index in [0.717, 1.165) is 18.3 Å². The maximum Gasteiger partial charge on any atom is 0.271 e. The highest BCUT2D eigenvalue weighted by atomic mass is 19.1. The monoisotopic (exact) mass is 277 g/mol. The second kappa shape index (κ2) is 5.87. The number of hydrogen-bond acceptors (Lipinski definition) is 4. The van der Waals surface area contributed by atoms with Crippen molar-refractivity contribution in [3.8, 4) is 0 Å². The molecule has 0 bridgehead atoms. The van der Waals surface area contributed by atoms with Crippen LogP contribution in [0.4, 0.5) is 20.2 Å². The highest BCUT2D eigenvalue weighted by Gasteiger charge is 2.05. The third kappa shape index (κ3) is 3.35. The van der Waals surface area contributed by atoms with Gasteiger partial charge in [-0.05, 0) is 18.2 Å². The molecule has 0 amide bonds. The quantitative estimate of drug-likeness (QED) is 0.529. The van der Waals surface area contributed by atoms with Crippen LogP contribution in [0.3, 0.4) is 0 Å². The minimum Gasteiger partial charge on any atom is -0.278 e. The highest BCUT2D eigenvalue weighted by Crippen LogP contribution is 2.17. The lowest BCUT2D eigenvalue weighted by atomic mass is 10.2. The number of anilines is 1. The number of nitrogens with one attached hydrogen (secondary N) is 1. The molecule has 5 nitrogen and oxygen atoms in total. The molecule has 0 saturated heterocycles. The predicted molar refractivity (Wildman–Crippen MR) is 70.7 cm³/mol. The Morgan fingerprint density at radius 2 is 2.00 bits per heavy atom. The van der Waals surface area contributed by atoms with E-state index in [1.54, 1.807) is 6.07 Å². The Morgan fingerprint density at radius 3 is 2.70 bits per heavy atom. The number of nitro groups is 1. The predicted octanol–water partition coefficient (Wildman–Crippen LogP) is 3.32. The van der Waals surface area contributed by atoms with Crippen LogP contribution in [0, 0.1) is 21.7 Å². The molecule has 0 saturated carbocycles. The topological polar surface area (TPSA) is 67.5 Å². The number of non-ortho nitro benzene ring substituents is 1. The van der Waals surface area contributed by atoms with Crippen LogP contribution in [0.15, 0.2) is 47.6 Å². The van der Waals surface area contributed by atoms with Gasteiger partial charge in [0.1, 0.15) is 11.6 Å². The van der Waals surface area contributed by atoms with Crippen LogP contribution in [-0.4, -0.2) is 11.1 Å². The molecule has 20 heavy (non-hydrogen) atoms. The van der Waals surface area contributed by atoms with Gasteiger partial charge in [-0.25, -0.2) is 8.78 Å². The van der Waals surface area contributed by atoms with Gasteiger partial charge in [0.25, 0.3) is 5.69 Å². The van der Waals surface area contributed by atoms with Crippen molar-refractivity contribution in [1.29, 1.82) is 0 Å². The van der Waals surface area contributed by atoms with Gasteiger partial charge in [-0.15, -0.1) is 0 Å². The standard InChI is InChI=1S/C13H9F2N3O2/c14-10-5-4-9(13(15)6-10)8-16-17-11-2-1-3-12(7-11)18(19)20/h1-8,17H. The number of nitrogens with zero attached hydrogens (tertiary/aromatic N) is 2. The number of benzene rings is 2. The van der Waals surface area contributed by atoms with Gasteiger partial charge in [0.05, 0.1) is 16.8 Å². The largest absolute Gasteiger partial charge is 0.278 e. The van der Waals surface area contributed by atoms with Crippen molar-refractivity contribution >= 4 is 17.6 Å². The molecular formula is C13H9F2N3O2. The Kier molecular flexibility index (Phi) is 3.99. The molecule has 1 N–H and O–H groups in total. The van der Waals surface area contributed by atoms with Crippen molar-refractivity contribution in [3.63, 3.8) is 0 Å². The molecule has 0 aliphatic rings. The minimum atomic E-state index is -0.741. The zero-order chi connectivity index (χ0) is 14.5. The van der Waals surface area contributed by atoms with Gasteiger partial charge in [0, 0.05) is 23.8 Å². The Morgan fingerprint density at radius 1 is 1.20 bits per heavy atom. The van der Waals surface area contributed by atoms with Crippen LogP contribution in [0.25, 0.3) is 0 Å². The molecule has 2 aromatic carbocycles. The van der Waals surface area contributed by atoms with E-state index in [1.807, 2.05) is 0 Å². The molecular weight excluding hydrogens is 268 g/mol. The molecule has 0 atom stereocenters. The molecule has 0 spiro atoms. The molecule has 0 aromatic heterocycles. The zero-order valence-corrected chi connectivity index (χ0v) is 10.1. The molecule has 7 heteroatoms. The normalized spacial score (nSPS) is 10.7. The molecule has 102 valence electrons. The fourth-order valence-electron chi connectivity index (χ4n) is 1.47. The van der Waals surface area contributed by atoms with E-state index < -0.39 is 16.6 Å². The number of hydrogen-bond donors (Lipinski definition) is 1. The van der Waals surface area contributed by atoms with Crippen LogP contribution < -0.4 is 5.43 Å². The summed E-state index contributed by atoms with van der Waals surface area (Å²) >= 11 is 0. The number of nitro benzene ring substituents is 1. The summed E-state index contributed by atoms with van der Waals surface area (Å²) in [6.07, 6.45) is 1.16. The lowest BCUT2D eigenvalue weighted by Gasteiger charge is -2.00. The molecule has 0 aliphatic carbocycles. The Labute approximate surface area is 112 Å². The second-order valence-electron chi connectivity index (χ2n) is 3.84. The van der Waals surface area contributed by atoms with Gasteiger partial charge < -0.3 is 0 Å². The van der Waals surface area contributed by atoms with Crippen LogP contribution in [0.5, 0.6) is 0 Å². The van der Waals surface area contributed by atoms with Crippen LogP contribution in [-0.2, 0) is 0 Å². The van der Waals surface area contributed by atoms with Gasteiger partial charge >= 0.3 is 0 Å².